The van der Waals surface area contributed by atoms with Crippen LogP contribution in [0.5, 0.6) is 5.88 Å². The van der Waals surface area contributed by atoms with Crippen molar-refractivity contribution in [3.05, 3.63) is 30.0 Å². The zero-order chi connectivity index (χ0) is 8.10. The van der Waals surface area contributed by atoms with Gasteiger partial charge in [-0.1, -0.05) is 12.1 Å². The lowest BCUT2D eigenvalue weighted by Gasteiger charge is -1.97. The maximum atomic E-state index is 4.96. The summed E-state index contributed by atoms with van der Waals surface area (Å²) >= 11 is 0. The van der Waals surface area contributed by atoms with Crippen LogP contribution in [0, 0.1) is 0 Å². The third-order valence-electron chi connectivity index (χ3n) is 1.29. The van der Waals surface area contributed by atoms with E-state index >= 15 is 0 Å². The minimum atomic E-state index is 0.653. The van der Waals surface area contributed by atoms with E-state index in [2.05, 4.69) is 4.98 Å². The minimum absolute atomic E-state index is 0.653. The van der Waals surface area contributed by atoms with Crippen molar-refractivity contribution in [2.45, 2.75) is 6.92 Å². The van der Waals surface area contributed by atoms with Gasteiger partial charge in [-0.3, -0.25) is 0 Å². The Morgan fingerprint density at radius 1 is 1.45 bits per heavy atom. The summed E-state index contributed by atoms with van der Waals surface area (Å²) in [7, 11) is 1.61. The molecule has 0 aliphatic rings. The number of ether oxygens (including phenoxy) is 1. The second kappa shape index (κ2) is 3.76. The number of allylic oxidation sites excluding steroid dienone is 1. The molecule has 11 heavy (non-hydrogen) atoms. The Kier molecular flexibility index (Phi) is 2.66. The van der Waals surface area contributed by atoms with Crippen molar-refractivity contribution in [2.75, 3.05) is 7.11 Å². The van der Waals surface area contributed by atoms with Gasteiger partial charge in [0, 0.05) is 6.07 Å². The number of rotatable bonds is 2. The van der Waals surface area contributed by atoms with Gasteiger partial charge in [0.1, 0.15) is 0 Å². The summed E-state index contributed by atoms with van der Waals surface area (Å²) < 4.78 is 4.96. The Morgan fingerprint density at radius 3 is 2.91 bits per heavy atom. The summed E-state index contributed by atoms with van der Waals surface area (Å²) in [6.07, 6.45) is 3.88. The molecular weight excluding hydrogens is 138 g/mol. The smallest absolute Gasteiger partial charge is 0.213 e. The SMILES string of the molecule is C/C=C/c1cccc(OC)n1. The molecule has 0 saturated carbocycles. The third kappa shape index (κ3) is 2.08. The Labute approximate surface area is 66.5 Å². The minimum Gasteiger partial charge on any atom is -0.481 e. The van der Waals surface area contributed by atoms with E-state index in [9.17, 15) is 0 Å². The summed E-state index contributed by atoms with van der Waals surface area (Å²) in [6, 6.07) is 5.68. The molecule has 0 aliphatic carbocycles. The monoisotopic (exact) mass is 149 g/mol. The summed E-state index contributed by atoms with van der Waals surface area (Å²) in [5, 5.41) is 0. The number of hydrogen-bond acceptors (Lipinski definition) is 2. The largest absolute Gasteiger partial charge is 0.481 e. The molecule has 0 aliphatic heterocycles. The first-order valence-electron chi connectivity index (χ1n) is 3.50. The highest BCUT2D eigenvalue weighted by Gasteiger charge is 1.90. The first kappa shape index (κ1) is 7.79. The second-order valence-electron chi connectivity index (χ2n) is 2.10. The van der Waals surface area contributed by atoms with Gasteiger partial charge < -0.3 is 4.74 Å². The molecule has 0 fully saturated rings. The van der Waals surface area contributed by atoms with Crippen molar-refractivity contribution < 1.29 is 4.74 Å². The van der Waals surface area contributed by atoms with Gasteiger partial charge in [-0.15, -0.1) is 0 Å². The molecule has 0 atom stereocenters. The number of nitrogens with zero attached hydrogens (tertiary/aromatic N) is 1. The van der Waals surface area contributed by atoms with Gasteiger partial charge in [-0.2, -0.15) is 0 Å². The van der Waals surface area contributed by atoms with E-state index in [4.69, 9.17) is 4.74 Å². The zero-order valence-corrected chi connectivity index (χ0v) is 6.74. The average molecular weight is 149 g/mol. The molecule has 2 heteroatoms. The van der Waals surface area contributed by atoms with Crippen LogP contribution in [0.3, 0.4) is 0 Å². The van der Waals surface area contributed by atoms with Gasteiger partial charge in [0.05, 0.1) is 12.8 Å². The highest BCUT2D eigenvalue weighted by atomic mass is 16.5. The molecule has 1 heterocycles. The lowest BCUT2D eigenvalue weighted by molar-refractivity contribution is 0.397. The zero-order valence-electron chi connectivity index (χ0n) is 6.74. The fourth-order valence-electron chi connectivity index (χ4n) is 0.808. The van der Waals surface area contributed by atoms with Gasteiger partial charge in [-0.05, 0) is 19.1 Å². The van der Waals surface area contributed by atoms with Crippen LogP contribution >= 0.6 is 0 Å². The predicted molar refractivity (Wildman–Crippen MR) is 45.5 cm³/mol. The Morgan fingerprint density at radius 2 is 2.27 bits per heavy atom. The molecule has 0 radical (unpaired) electrons. The van der Waals surface area contributed by atoms with E-state index in [-0.39, 0.29) is 0 Å². The van der Waals surface area contributed by atoms with Crippen molar-refractivity contribution in [3.8, 4) is 5.88 Å². The lowest BCUT2D eigenvalue weighted by atomic mass is 10.3. The molecule has 0 aromatic carbocycles. The maximum Gasteiger partial charge on any atom is 0.213 e. The van der Waals surface area contributed by atoms with Crippen molar-refractivity contribution in [1.29, 1.82) is 0 Å². The van der Waals surface area contributed by atoms with Crippen molar-refractivity contribution >= 4 is 6.08 Å². The van der Waals surface area contributed by atoms with E-state index in [1.807, 2.05) is 37.3 Å². The summed E-state index contributed by atoms with van der Waals surface area (Å²) in [4.78, 5) is 4.17. The van der Waals surface area contributed by atoms with Crippen LogP contribution in [0.1, 0.15) is 12.6 Å². The predicted octanol–water partition coefficient (Wildman–Crippen LogP) is 2.12. The Hall–Kier alpha value is -1.31. The highest BCUT2D eigenvalue weighted by molar-refractivity contribution is 5.44. The quantitative estimate of drug-likeness (QED) is 0.642. The first-order chi connectivity index (χ1) is 5.36. The molecule has 1 rings (SSSR count). The standard InChI is InChI=1S/C9H11NO/c1-3-5-8-6-4-7-9(10-8)11-2/h3-7H,1-2H3/b5-3+. The normalized spacial score (nSPS) is 10.4. The van der Waals surface area contributed by atoms with Crippen LogP contribution in [0.25, 0.3) is 6.08 Å². The van der Waals surface area contributed by atoms with Crippen LogP contribution in [0.15, 0.2) is 24.3 Å². The molecule has 1 aromatic rings. The molecule has 58 valence electrons. The Bertz CT molecular complexity index is 255. The van der Waals surface area contributed by atoms with E-state index in [1.54, 1.807) is 7.11 Å². The molecule has 0 spiro atoms. The van der Waals surface area contributed by atoms with Gasteiger partial charge in [0.2, 0.25) is 5.88 Å². The number of aromatic nitrogens is 1. The van der Waals surface area contributed by atoms with E-state index < -0.39 is 0 Å². The fraction of sp³-hybridized carbons (Fsp3) is 0.222. The van der Waals surface area contributed by atoms with Crippen LogP contribution in [0.4, 0.5) is 0 Å². The topological polar surface area (TPSA) is 22.1 Å². The van der Waals surface area contributed by atoms with Crippen LogP contribution in [0.2, 0.25) is 0 Å². The first-order valence-corrected chi connectivity index (χ1v) is 3.50. The van der Waals surface area contributed by atoms with Gasteiger partial charge in [0.25, 0.3) is 0 Å². The Balaban J connectivity index is 2.91. The molecule has 0 bridgehead atoms. The van der Waals surface area contributed by atoms with Crippen molar-refractivity contribution in [1.82, 2.24) is 4.98 Å². The highest BCUT2D eigenvalue weighted by Crippen LogP contribution is 2.07. The molecule has 0 unspecified atom stereocenters. The van der Waals surface area contributed by atoms with Crippen molar-refractivity contribution in [2.24, 2.45) is 0 Å². The number of hydrogen-bond donors (Lipinski definition) is 0. The number of methoxy groups -OCH3 is 1. The third-order valence-corrected chi connectivity index (χ3v) is 1.29. The van der Waals surface area contributed by atoms with Crippen LogP contribution in [-0.4, -0.2) is 12.1 Å². The number of pyridine rings is 1. The fourth-order valence-corrected chi connectivity index (χ4v) is 0.808. The second-order valence-corrected chi connectivity index (χ2v) is 2.10. The van der Waals surface area contributed by atoms with Gasteiger partial charge in [-0.25, -0.2) is 4.98 Å². The summed E-state index contributed by atoms with van der Waals surface area (Å²) in [6.45, 7) is 1.96. The van der Waals surface area contributed by atoms with Crippen LogP contribution in [-0.2, 0) is 0 Å². The van der Waals surface area contributed by atoms with Gasteiger partial charge in [0.15, 0.2) is 0 Å². The van der Waals surface area contributed by atoms with Gasteiger partial charge >= 0.3 is 0 Å². The van der Waals surface area contributed by atoms with E-state index in [0.717, 1.165) is 5.69 Å². The molecule has 2 nitrogen and oxygen atoms in total. The molecular formula is C9H11NO. The van der Waals surface area contributed by atoms with E-state index in [0.29, 0.717) is 5.88 Å². The van der Waals surface area contributed by atoms with Crippen LogP contribution < -0.4 is 4.74 Å². The lowest BCUT2D eigenvalue weighted by Crippen LogP contribution is -1.87. The summed E-state index contributed by atoms with van der Waals surface area (Å²) in [5.41, 5.74) is 0.923. The molecule has 0 N–H and O–H groups in total. The van der Waals surface area contributed by atoms with E-state index in [1.165, 1.54) is 0 Å². The maximum absolute atomic E-state index is 4.96. The average Bonchev–Trinajstić information content (AvgIpc) is 2.06. The summed E-state index contributed by atoms with van der Waals surface area (Å²) in [5.74, 6) is 0.653. The van der Waals surface area contributed by atoms with Crippen molar-refractivity contribution in [3.63, 3.8) is 0 Å². The molecule has 1 aromatic heterocycles. The molecule has 0 saturated heterocycles. The molecule has 0 amide bonds.